The molecule has 0 radical (unpaired) electrons. The van der Waals surface area contributed by atoms with E-state index in [9.17, 15) is 9.00 Å². The summed E-state index contributed by atoms with van der Waals surface area (Å²) in [4.78, 5) is 15.1. The molecule has 8 nitrogen and oxygen atoms in total. The zero-order valence-corrected chi connectivity index (χ0v) is 21.1. The maximum atomic E-state index is 13.2. The Morgan fingerprint density at radius 1 is 1.16 bits per heavy atom. The highest BCUT2D eigenvalue weighted by Crippen LogP contribution is 2.35. The second-order valence-electron chi connectivity index (χ2n) is 8.93. The predicted molar refractivity (Wildman–Crippen MR) is 129 cm³/mol. The molecule has 2 amide bonds. The number of rotatable bonds is 7. The van der Waals surface area contributed by atoms with Crippen molar-refractivity contribution in [2.75, 3.05) is 18.4 Å². The Morgan fingerprint density at radius 2 is 1.72 bits per heavy atom. The molecular weight excluding hydrogens is 448 g/mol. The summed E-state index contributed by atoms with van der Waals surface area (Å²) in [5.41, 5.74) is 3.33. The number of amides is 2. The number of nitrogens with zero attached hydrogens (tertiary/aromatic N) is 3. The SMILES string of the molecule is CC(C)c1cccc(C(C)C)c1NC(=O)NS(=N)(=O)c1nn(C)c(C(C)N2CCC2)c1Cl. The fraction of sp³-hybridized carbons (Fsp3) is 0.545. The van der Waals surface area contributed by atoms with Gasteiger partial charge in [-0.2, -0.15) is 5.10 Å². The molecule has 2 aromatic rings. The molecule has 2 heterocycles. The normalized spacial score (nSPS) is 17.2. The van der Waals surface area contributed by atoms with Crippen LogP contribution >= 0.6 is 11.6 Å². The first-order chi connectivity index (χ1) is 14.9. The van der Waals surface area contributed by atoms with Crippen molar-refractivity contribution in [1.29, 1.82) is 4.78 Å². The van der Waals surface area contributed by atoms with E-state index in [1.54, 1.807) is 11.7 Å². The molecule has 0 saturated carbocycles. The highest BCUT2D eigenvalue weighted by molar-refractivity contribution is 7.91. The predicted octanol–water partition coefficient (Wildman–Crippen LogP) is 5.23. The quantitative estimate of drug-likeness (QED) is 0.504. The van der Waals surface area contributed by atoms with Crippen molar-refractivity contribution in [3.63, 3.8) is 0 Å². The van der Waals surface area contributed by atoms with Gasteiger partial charge in [-0.1, -0.05) is 57.5 Å². The highest BCUT2D eigenvalue weighted by atomic mass is 35.5. The molecule has 1 aliphatic rings. The van der Waals surface area contributed by atoms with Gasteiger partial charge >= 0.3 is 6.03 Å². The molecule has 0 spiro atoms. The third-order valence-corrected chi connectivity index (χ3v) is 7.74. The molecule has 10 heteroatoms. The molecule has 0 aliphatic carbocycles. The average molecular weight is 481 g/mol. The lowest BCUT2D eigenvalue weighted by Gasteiger charge is -2.36. The van der Waals surface area contributed by atoms with Gasteiger partial charge < -0.3 is 5.32 Å². The van der Waals surface area contributed by atoms with E-state index in [1.807, 2.05) is 52.8 Å². The van der Waals surface area contributed by atoms with Crippen LogP contribution in [0.1, 0.15) is 75.7 Å². The van der Waals surface area contributed by atoms with E-state index in [2.05, 4.69) is 20.0 Å². The Balaban J connectivity index is 1.86. The van der Waals surface area contributed by atoms with Crippen LogP contribution in [0.5, 0.6) is 0 Å². The molecule has 0 bridgehead atoms. The van der Waals surface area contributed by atoms with Gasteiger partial charge in [0, 0.05) is 25.8 Å². The third-order valence-electron chi connectivity index (χ3n) is 5.96. The van der Waals surface area contributed by atoms with Crippen molar-refractivity contribution < 1.29 is 9.00 Å². The summed E-state index contributed by atoms with van der Waals surface area (Å²) in [6.45, 7) is 12.1. The number of para-hydroxylation sites is 1. The second-order valence-corrected chi connectivity index (χ2v) is 11.0. The lowest BCUT2D eigenvalue weighted by molar-refractivity contribution is 0.123. The average Bonchev–Trinajstić information content (AvgIpc) is 2.94. The van der Waals surface area contributed by atoms with Crippen molar-refractivity contribution in [2.24, 2.45) is 7.05 Å². The van der Waals surface area contributed by atoms with E-state index in [4.69, 9.17) is 16.4 Å². The largest absolute Gasteiger partial charge is 0.332 e. The number of halogens is 1. The van der Waals surface area contributed by atoms with Crippen LogP contribution in [0.2, 0.25) is 5.02 Å². The fourth-order valence-corrected chi connectivity index (χ4v) is 5.68. The molecule has 2 atom stereocenters. The molecule has 176 valence electrons. The minimum absolute atomic E-state index is 0.0157. The van der Waals surface area contributed by atoms with Gasteiger partial charge in [0.15, 0.2) is 14.9 Å². The Bertz CT molecular complexity index is 1080. The van der Waals surface area contributed by atoms with Gasteiger partial charge in [0.05, 0.1) is 11.7 Å². The van der Waals surface area contributed by atoms with Crippen molar-refractivity contribution in [3.8, 4) is 0 Å². The first-order valence-corrected chi connectivity index (χ1v) is 12.8. The van der Waals surface area contributed by atoms with Crippen LogP contribution in [-0.2, 0) is 17.0 Å². The summed E-state index contributed by atoms with van der Waals surface area (Å²) in [6.07, 6.45) is 1.12. The summed E-state index contributed by atoms with van der Waals surface area (Å²) >= 11 is 6.53. The smallest absolute Gasteiger partial charge is 0.307 e. The number of hydrogen-bond donors (Lipinski definition) is 3. The third kappa shape index (κ3) is 4.79. The molecule has 32 heavy (non-hydrogen) atoms. The molecule has 1 aromatic heterocycles. The zero-order chi connectivity index (χ0) is 23.8. The van der Waals surface area contributed by atoms with Crippen LogP contribution in [0.15, 0.2) is 23.2 Å². The second kappa shape index (κ2) is 9.41. The number of benzene rings is 1. The fourth-order valence-electron chi connectivity index (χ4n) is 4.04. The molecular formula is C22H33ClN6O2S. The van der Waals surface area contributed by atoms with Gasteiger partial charge in [-0.25, -0.2) is 18.5 Å². The molecule has 3 N–H and O–H groups in total. The Labute approximate surface area is 195 Å². The topological polar surface area (TPSA) is 103 Å². The summed E-state index contributed by atoms with van der Waals surface area (Å²) in [5.74, 6) is 0.361. The number of aryl methyl sites for hydroxylation is 1. The minimum atomic E-state index is -3.77. The minimum Gasteiger partial charge on any atom is -0.307 e. The highest BCUT2D eigenvalue weighted by Gasteiger charge is 2.31. The maximum Gasteiger partial charge on any atom is 0.332 e. The Kier molecular flexibility index (Phi) is 7.21. The number of carbonyl (C=O) groups is 1. The molecule has 1 aromatic carbocycles. The lowest BCUT2D eigenvalue weighted by Crippen LogP contribution is -2.39. The van der Waals surface area contributed by atoms with Gasteiger partial charge in [0.25, 0.3) is 0 Å². The van der Waals surface area contributed by atoms with Crippen LogP contribution in [0, 0.1) is 4.78 Å². The van der Waals surface area contributed by atoms with Crippen molar-refractivity contribution in [3.05, 3.63) is 40.0 Å². The van der Waals surface area contributed by atoms with E-state index in [-0.39, 0.29) is 27.9 Å². The van der Waals surface area contributed by atoms with Crippen molar-refractivity contribution in [1.82, 2.24) is 19.4 Å². The van der Waals surface area contributed by atoms with Gasteiger partial charge in [0.2, 0.25) is 0 Å². The zero-order valence-electron chi connectivity index (χ0n) is 19.5. The van der Waals surface area contributed by atoms with E-state index in [0.717, 1.165) is 30.6 Å². The van der Waals surface area contributed by atoms with Gasteiger partial charge in [-0.05, 0) is 36.3 Å². The van der Waals surface area contributed by atoms with Crippen molar-refractivity contribution >= 4 is 33.2 Å². The van der Waals surface area contributed by atoms with Gasteiger partial charge in [-0.3, -0.25) is 9.58 Å². The van der Waals surface area contributed by atoms with Crippen LogP contribution in [0.4, 0.5) is 10.5 Å². The molecule has 1 fully saturated rings. The van der Waals surface area contributed by atoms with E-state index in [0.29, 0.717) is 11.4 Å². The maximum absolute atomic E-state index is 13.2. The summed E-state index contributed by atoms with van der Waals surface area (Å²) in [6, 6.07) is 5.15. The van der Waals surface area contributed by atoms with E-state index >= 15 is 0 Å². The van der Waals surface area contributed by atoms with Crippen LogP contribution in [0.3, 0.4) is 0 Å². The number of urea groups is 1. The molecule has 2 unspecified atom stereocenters. The number of aromatic nitrogens is 2. The molecule has 3 rings (SSSR count). The van der Waals surface area contributed by atoms with Crippen LogP contribution in [-0.4, -0.2) is 38.0 Å². The molecule has 1 aliphatic heterocycles. The van der Waals surface area contributed by atoms with Gasteiger partial charge in [-0.15, -0.1) is 0 Å². The number of nitrogens with one attached hydrogen (secondary N) is 3. The first kappa shape index (κ1) is 24.5. The van der Waals surface area contributed by atoms with Crippen molar-refractivity contribution in [2.45, 2.75) is 63.9 Å². The number of anilines is 1. The number of likely N-dealkylation sites (tertiary alicyclic amines) is 1. The van der Waals surface area contributed by atoms with E-state index in [1.165, 1.54) is 0 Å². The Morgan fingerprint density at radius 3 is 2.19 bits per heavy atom. The van der Waals surface area contributed by atoms with Crippen LogP contribution in [0.25, 0.3) is 0 Å². The van der Waals surface area contributed by atoms with Crippen LogP contribution < -0.4 is 10.0 Å². The lowest BCUT2D eigenvalue weighted by atomic mass is 9.93. The summed E-state index contributed by atoms with van der Waals surface area (Å²) in [5, 5.41) is 7.12. The number of hydrogen-bond acceptors (Lipinski definition) is 5. The summed E-state index contributed by atoms with van der Waals surface area (Å²) < 4.78 is 25.4. The number of carbonyl (C=O) groups excluding carboxylic acids is 1. The first-order valence-electron chi connectivity index (χ1n) is 10.9. The summed E-state index contributed by atoms with van der Waals surface area (Å²) in [7, 11) is -2.06. The molecule has 1 saturated heterocycles. The standard InChI is InChI=1S/C22H33ClN6O2S/c1-13(2)16-9-7-10-17(14(3)4)19(16)25-22(30)27-32(24,31)21-18(23)20(28(6)26-21)15(5)29-11-8-12-29/h7,9-10,13-15H,8,11-12H2,1-6H3,(H3,24,25,27,30,31). The monoisotopic (exact) mass is 480 g/mol. The van der Waals surface area contributed by atoms with E-state index < -0.39 is 15.9 Å². The Hall–Kier alpha value is -2.10. The van der Waals surface area contributed by atoms with Gasteiger partial charge in [0.1, 0.15) is 5.02 Å².